The lowest BCUT2D eigenvalue weighted by atomic mass is 10.0. The molecule has 0 spiro atoms. The summed E-state index contributed by atoms with van der Waals surface area (Å²) < 4.78 is 20.6. The number of anilines is 1. The third-order valence-electron chi connectivity index (χ3n) is 5.54. The van der Waals surface area contributed by atoms with Gasteiger partial charge in [0.25, 0.3) is 5.56 Å². The molecule has 29 heavy (non-hydrogen) atoms. The third-order valence-corrected chi connectivity index (χ3v) is 5.54. The zero-order valence-electron chi connectivity index (χ0n) is 16.3. The van der Waals surface area contributed by atoms with Crippen molar-refractivity contribution in [3.8, 4) is 6.07 Å². The summed E-state index contributed by atoms with van der Waals surface area (Å²) in [5, 5.41) is 10.6. The summed E-state index contributed by atoms with van der Waals surface area (Å²) in [4.78, 5) is 14.8. The fraction of sp³-hybridized carbons (Fsp3) is 0.304. The third kappa shape index (κ3) is 3.74. The number of rotatable bonds is 4. The van der Waals surface area contributed by atoms with Gasteiger partial charge in [-0.15, -0.1) is 0 Å². The van der Waals surface area contributed by atoms with E-state index in [2.05, 4.69) is 11.0 Å². The Balaban J connectivity index is 1.52. The second-order valence-corrected chi connectivity index (χ2v) is 7.34. The number of halogens is 1. The number of benzene rings is 2. The number of pyridine rings is 1. The Morgan fingerprint density at radius 2 is 1.83 bits per heavy atom. The average molecular weight is 391 g/mol. The molecule has 0 atom stereocenters. The topological polar surface area (TPSA) is 58.3 Å². The van der Waals surface area contributed by atoms with Gasteiger partial charge in [0.05, 0.1) is 23.9 Å². The number of aryl methyl sites for hydroxylation is 1. The normalized spacial score (nSPS) is 14.9. The van der Waals surface area contributed by atoms with Gasteiger partial charge in [0.2, 0.25) is 0 Å². The van der Waals surface area contributed by atoms with Gasteiger partial charge in [-0.3, -0.25) is 4.79 Å². The second-order valence-electron chi connectivity index (χ2n) is 7.34. The van der Waals surface area contributed by atoms with Crippen LogP contribution < -0.4 is 10.5 Å². The maximum atomic E-state index is 13.0. The van der Waals surface area contributed by atoms with Crippen LogP contribution in [0.4, 0.5) is 10.1 Å². The maximum Gasteiger partial charge on any atom is 0.270 e. The molecule has 1 saturated heterocycles. The van der Waals surface area contributed by atoms with Crippen LogP contribution in [-0.4, -0.2) is 23.8 Å². The number of para-hydroxylation sites is 1. The van der Waals surface area contributed by atoms with E-state index < -0.39 is 0 Å². The van der Waals surface area contributed by atoms with Crippen LogP contribution in [0.3, 0.4) is 0 Å². The highest BCUT2D eigenvalue weighted by molar-refractivity contribution is 5.94. The molecule has 1 aliphatic heterocycles. The number of aromatic nitrogens is 1. The highest BCUT2D eigenvalue weighted by atomic mass is 19.1. The lowest BCUT2D eigenvalue weighted by molar-refractivity contribution is 0.0251. The molecule has 2 aromatic carbocycles. The van der Waals surface area contributed by atoms with Crippen molar-refractivity contribution in [3.05, 3.63) is 75.8 Å². The summed E-state index contributed by atoms with van der Waals surface area (Å²) in [6, 6.07) is 16.1. The smallest absolute Gasteiger partial charge is 0.270 e. The Kier molecular flexibility index (Phi) is 5.32. The molecule has 0 bridgehead atoms. The molecule has 0 saturated carbocycles. The van der Waals surface area contributed by atoms with Gasteiger partial charge in [0, 0.05) is 25.5 Å². The van der Waals surface area contributed by atoms with Crippen molar-refractivity contribution < 1.29 is 9.13 Å². The molecule has 2 heterocycles. The minimum Gasteiger partial charge on any atom is -0.373 e. The highest BCUT2D eigenvalue weighted by Crippen LogP contribution is 2.31. The largest absolute Gasteiger partial charge is 0.373 e. The minimum atomic E-state index is -0.268. The first kappa shape index (κ1) is 19.2. The Hall–Kier alpha value is -3.17. The van der Waals surface area contributed by atoms with E-state index in [-0.39, 0.29) is 23.0 Å². The van der Waals surface area contributed by atoms with Gasteiger partial charge in [0.1, 0.15) is 17.4 Å². The molecule has 0 aliphatic carbocycles. The molecule has 0 N–H and O–H groups in total. The second kappa shape index (κ2) is 8.06. The van der Waals surface area contributed by atoms with Gasteiger partial charge in [-0.25, -0.2) is 4.39 Å². The number of nitriles is 1. The van der Waals surface area contributed by atoms with Crippen molar-refractivity contribution in [2.24, 2.45) is 7.05 Å². The van der Waals surface area contributed by atoms with Gasteiger partial charge < -0.3 is 14.2 Å². The summed E-state index contributed by atoms with van der Waals surface area (Å²) in [6.07, 6.45) is 1.70. The van der Waals surface area contributed by atoms with Crippen LogP contribution in [0.2, 0.25) is 0 Å². The standard InChI is InChI=1S/C23H22FN3O2/c1-26-21-5-3-2-4-19(21)22(20(14-25)23(26)28)27-12-10-18(11-13-27)29-15-16-6-8-17(24)9-7-16/h2-9,18H,10-13,15H2,1H3. The molecular formula is C23H22FN3O2. The molecule has 1 aromatic heterocycles. The molecule has 148 valence electrons. The number of nitrogens with zero attached hydrogens (tertiary/aromatic N) is 3. The molecule has 1 fully saturated rings. The van der Waals surface area contributed by atoms with E-state index in [1.54, 1.807) is 19.2 Å². The molecular weight excluding hydrogens is 369 g/mol. The summed E-state index contributed by atoms with van der Waals surface area (Å²) in [5.41, 5.74) is 2.41. The van der Waals surface area contributed by atoms with Crippen molar-refractivity contribution in [2.45, 2.75) is 25.6 Å². The van der Waals surface area contributed by atoms with Crippen LogP contribution >= 0.6 is 0 Å². The predicted octanol–water partition coefficient (Wildman–Crippen LogP) is 3.73. The van der Waals surface area contributed by atoms with Gasteiger partial charge in [0.15, 0.2) is 0 Å². The van der Waals surface area contributed by atoms with Crippen molar-refractivity contribution >= 4 is 16.6 Å². The molecule has 0 amide bonds. The van der Waals surface area contributed by atoms with E-state index in [0.29, 0.717) is 19.7 Å². The summed E-state index contributed by atoms with van der Waals surface area (Å²) >= 11 is 0. The monoisotopic (exact) mass is 391 g/mol. The van der Waals surface area contributed by atoms with Crippen LogP contribution in [0.15, 0.2) is 53.3 Å². The van der Waals surface area contributed by atoms with Crippen LogP contribution in [0.5, 0.6) is 0 Å². The zero-order chi connectivity index (χ0) is 20.4. The predicted molar refractivity (Wildman–Crippen MR) is 110 cm³/mol. The fourth-order valence-corrected chi connectivity index (χ4v) is 3.95. The first-order valence-corrected chi connectivity index (χ1v) is 9.71. The van der Waals surface area contributed by atoms with E-state index >= 15 is 0 Å². The van der Waals surface area contributed by atoms with Crippen molar-refractivity contribution in [1.29, 1.82) is 5.26 Å². The molecule has 0 unspecified atom stereocenters. The molecule has 4 rings (SSSR count). The van der Waals surface area contributed by atoms with E-state index in [1.165, 1.54) is 16.7 Å². The van der Waals surface area contributed by atoms with E-state index in [9.17, 15) is 14.4 Å². The van der Waals surface area contributed by atoms with Gasteiger partial charge in [-0.1, -0.05) is 30.3 Å². The van der Waals surface area contributed by atoms with Crippen LogP contribution in [0.1, 0.15) is 24.0 Å². The molecule has 5 nitrogen and oxygen atoms in total. The number of hydrogen-bond donors (Lipinski definition) is 0. The Morgan fingerprint density at radius 1 is 1.14 bits per heavy atom. The number of ether oxygens (including phenoxy) is 1. The van der Waals surface area contributed by atoms with E-state index in [0.717, 1.165) is 35.0 Å². The van der Waals surface area contributed by atoms with Crippen LogP contribution in [0, 0.1) is 17.1 Å². The molecule has 0 radical (unpaired) electrons. The van der Waals surface area contributed by atoms with Crippen LogP contribution in [-0.2, 0) is 18.4 Å². The lowest BCUT2D eigenvalue weighted by Gasteiger charge is -2.34. The van der Waals surface area contributed by atoms with Crippen LogP contribution in [0.25, 0.3) is 10.9 Å². The SMILES string of the molecule is Cn1c(=O)c(C#N)c(N2CCC(OCc3ccc(F)cc3)CC2)c2ccccc21. The fourth-order valence-electron chi connectivity index (χ4n) is 3.95. The van der Waals surface area contributed by atoms with Gasteiger partial charge in [-0.05, 0) is 36.6 Å². The number of piperidine rings is 1. The molecule has 6 heteroatoms. The van der Waals surface area contributed by atoms with Gasteiger partial charge >= 0.3 is 0 Å². The first-order chi connectivity index (χ1) is 14.1. The number of fused-ring (bicyclic) bond motifs is 1. The maximum absolute atomic E-state index is 13.0. The van der Waals surface area contributed by atoms with E-state index in [1.807, 2.05) is 24.3 Å². The summed E-state index contributed by atoms with van der Waals surface area (Å²) in [5.74, 6) is -0.253. The molecule has 1 aliphatic rings. The quantitative estimate of drug-likeness (QED) is 0.680. The Morgan fingerprint density at radius 3 is 2.52 bits per heavy atom. The minimum absolute atomic E-state index is 0.0969. The lowest BCUT2D eigenvalue weighted by Crippen LogP contribution is -2.39. The zero-order valence-corrected chi connectivity index (χ0v) is 16.3. The summed E-state index contributed by atoms with van der Waals surface area (Å²) in [6.45, 7) is 1.86. The Bertz CT molecular complexity index is 1120. The highest BCUT2D eigenvalue weighted by Gasteiger charge is 2.25. The summed E-state index contributed by atoms with van der Waals surface area (Å²) in [7, 11) is 1.70. The van der Waals surface area contributed by atoms with Crippen molar-refractivity contribution in [3.63, 3.8) is 0 Å². The van der Waals surface area contributed by atoms with Crippen molar-refractivity contribution in [1.82, 2.24) is 4.57 Å². The van der Waals surface area contributed by atoms with Gasteiger partial charge in [-0.2, -0.15) is 5.26 Å². The first-order valence-electron chi connectivity index (χ1n) is 9.71. The van der Waals surface area contributed by atoms with E-state index in [4.69, 9.17) is 4.74 Å². The average Bonchev–Trinajstić information content (AvgIpc) is 2.76. The van der Waals surface area contributed by atoms with Crippen molar-refractivity contribution in [2.75, 3.05) is 18.0 Å². The molecule has 3 aromatic rings. The number of hydrogen-bond acceptors (Lipinski definition) is 4. The Labute approximate surface area is 168 Å².